The molecule has 1 aliphatic rings. The van der Waals surface area contributed by atoms with Crippen molar-refractivity contribution >= 4 is 17.5 Å². The lowest BCUT2D eigenvalue weighted by Gasteiger charge is -2.32. The second kappa shape index (κ2) is 7.08. The van der Waals surface area contributed by atoms with Crippen LogP contribution >= 0.6 is 0 Å². The van der Waals surface area contributed by atoms with Crippen molar-refractivity contribution in [3.63, 3.8) is 0 Å². The fourth-order valence-electron chi connectivity index (χ4n) is 2.50. The van der Waals surface area contributed by atoms with E-state index in [0.29, 0.717) is 25.4 Å². The number of hydrogen-bond donors (Lipinski definition) is 1. The molecule has 0 aromatic heterocycles. The van der Waals surface area contributed by atoms with Gasteiger partial charge in [-0.1, -0.05) is 0 Å². The van der Waals surface area contributed by atoms with E-state index in [1.807, 2.05) is 39.0 Å². The van der Waals surface area contributed by atoms with Crippen molar-refractivity contribution in [1.29, 1.82) is 0 Å². The van der Waals surface area contributed by atoms with Crippen LogP contribution in [0.4, 0.5) is 16.2 Å². The number of carbonyl (C=O) groups excluding carboxylic acids is 1. The fraction of sp³-hybridized carbons (Fsp3) is 0.588. The summed E-state index contributed by atoms with van der Waals surface area (Å²) >= 11 is 0. The molecule has 0 aliphatic carbocycles. The zero-order valence-electron chi connectivity index (χ0n) is 14.5. The number of nitrogens with zero attached hydrogens (tertiary/aromatic N) is 2. The molecule has 2 N–H and O–H groups in total. The standard InChI is InChI=1S/C17H27N3O3/c1-17(2,3)23-16(21)19(4)12-13-11-14(18)5-6-15(13)20-7-9-22-10-8-20/h5-6,11H,7-10,12,18H2,1-4H3. The summed E-state index contributed by atoms with van der Waals surface area (Å²) in [5.41, 5.74) is 8.23. The second-order valence-corrected chi connectivity index (χ2v) is 6.82. The van der Waals surface area contributed by atoms with Gasteiger partial charge in [-0.05, 0) is 44.5 Å². The van der Waals surface area contributed by atoms with Gasteiger partial charge in [0.25, 0.3) is 0 Å². The minimum atomic E-state index is -0.506. The van der Waals surface area contributed by atoms with Gasteiger partial charge in [0.15, 0.2) is 0 Å². The molecule has 128 valence electrons. The van der Waals surface area contributed by atoms with Gasteiger partial charge in [-0.2, -0.15) is 0 Å². The van der Waals surface area contributed by atoms with Crippen molar-refractivity contribution in [3.8, 4) is 0 Å². The summed E-state index contributed by atoms with van der Waals surface area (Å²) < 4.78 is 10.8. The van der Waals surface area contributed by atoms with Crippen molar-refractivity contribution in [2.75, 3.05) is 44.0 Å². The molecule has 6 nitrogen and oxygen atoms in total. The maximum absolute atomic E-state index is 12.2. The Hall–Kier alpha value is -1.95. The second-order valence-electron chi connectivity index (χ2n) is 6.82. The zero-order chi connectivity index (χ0) is 17.0. The molecule has 1 saturated heterocycles. The van der Waals surface area contributed by atoms with Gasteiger partial charge in [-0.3, -0.25) is 0 Å². The summed E-state index contributed by atoms with van der Waals surface area (Å²) in [5.74, 6) is 0. The van der Waals surface area contributed by atoms with Gasteiger partial charge in [0.2, 0.25) is 0 Å². The van der Waals surface area contributed by atoms with Crippen LogP contribution in [0.3, 0.4) is 0 Å². The molecule has 0 unspecified atom stereocenters. The molecular formula is C17H27N3O3. The quantitative estimate of drug-likeness (QED) is 0.866. The Morgan fingerprint density at radius 2 is 2.00 bits per heavy atom. The predicted molar refractivity (Wildman–Crippen MR) is 91.6 cm³/mol. The van der Waals surface area contributed by atoms with Crippen LogP contribution in [-0.2, 0) is 16.0 Å². The Bertz CT molecular complexity index is 549. The molecule has 0 spiro atoms. The third-order valence-electron chi connectivity index (χ3n) is 3.57. The van der Waals surface area contributed by atoms with Gasteiger partial charge in [-0.25, -0.2) is 4.79 Å². The van der Waals surface area contributed by atoms with Gasteiger partial charge in [-0.15, -0.1) is 0 Å². The Morgan fingerprint density at radius 1 is 1.35 bits per heavy atom. The Labute approximate surface area is 138 Å². The third-order valence-corrected chi connectivity index (χ3v) is 3.57. The Kier molecular flexibility index (Phi) is 5.36. The average Bonchev–Trinajstić information content (AvgIpc) is 2.46. The summed E-state index contributed by atoms with van der Waals surface area (Å²) in [5, 5.41) is 0. The summed E-state index contributed by atoms with van der Waals surface area (Å²) in [6.45, 7) is 9.14. The van der Waals surface area contributed by atoms with Gasteiger partial charge in [0.05, 0.1) is 19.8 Å². The Morgan fingerprint density at radius 3 is 2.61 bits per heavy atom. The van der Waals surface area contributed by atoms with Gasteiger partial charge >= 0.3 is 6.09 Å². The van der Waals surface area contributed by atoms with Crippen LogP contribution in [0.1, 0.15) is 26.3 Å². The number of nitrogens with two attached hydrogens (primary N) is 1. The maximum atomic E-state index is 12.2. The van der Waals surface area contributed by atoms with Crippen LogP contribution in [0.2, 0.25) is 0 Å². The number of benzene rings is 1. The number of morpholine rings is 1. The minimum absolute atomic E-state index is 0.340. The highest BCUT2D eigenvalue weighted by atomic mass is 16.6. The number of carbonyl (C=O) groups is 1. The van der Waals surface area contributed by atoms with E-state index < -0.39 is 5.60 Å². The number of hydrogen-bond acceptors (Lipinski definition) is 5. The SMILES string of the molecule is CN(Cc1cc(N)ccc1N1CCOCC1)C(=O)OC(C)(C)C. The van der Waals surface area contributed by atoms with Crippen LogP contribution in [0.25, 0.3) is 0 Å². The third kappa shape index (κ3) is 5.03. The van der Waals surface area contributed by atoms with Crippen molar-refractivity contribution in [2.24, 2.45) is 0 Å². The van der Waals surface area contributed by atoms with E-state index in [4.69, 9.17) is 15.2 Å². The van der Waals surface area contributed by atoms with Crippen molar-refractivity contribution in [1.82, 2.24) is 4.90 Å². The first-order valence-electron chi connectivity index (χ1n) is 7.91. The minimum Gasteiger partial charge on any atom is -0.444 e. The summed E-state index contributed by atoms with van der Waals surface area (Å²) in [7, 11) is 1.74. The molecule has 0 radical (unpaired) electrons. The molecule has 1 amide bonds. The van der Waals surface area contributed by atoms with Crippen molar-refractivity contribution in [2.45, 2.75) is 32.9 Å². The number of rotatable bonds is 3. The van der Waals surface area contributed by atoms with E-state index in [0.717, 1.165) is 24.3 Å². The van der Waals surface area contributed by atoms with Gasteiger partial charge in [0.1, 0.15) is 5.60 Å². The number of ether oxygens (including phenoxy) is 2. The first-order chi connectivity index (χ1) is 10.8. The van der Waals surface area contributed by atoms with E-state index >= 15 is 0 Å². The number of anilines is 2. The van der Waals surface area contributed by atoms with Gasteiger partial charge < -0.3 is 25.0 Å². The van der Waals surface area contributed by atoms with Crippen LogP contribution in [0, 0.1) is 0 Å². The van der Waals surface area contributed by atoms with E-state index in [-0.39, 0.29) is 6.09 Å². The molecule has 1 heterocycles. The fourth-order valence-corrected chi connectivity index (χ4v) is 2.50. The highest BCUT2D eigenvalue weighted by Crippen LogP contribution is 2.25. The summed E-state index contributed by atoms with van der Waals surface area (Å²) in [6, 6.07) is 5.83. The molecule has 0 saturated carbocycles. The zero-order valence-corrected chi connectivity index (χ0v) is 14.5. The molecular weight excluding hydrogens is 294 g/mol. The normalized spacial score (nSPS) is 15.4. The molecule has 1 aromatic rings. The molecule has 23 heavy (non-hydrogen) atoms. The molecule has 1 aromatic carbocycles. The molecule has 2 rings (SSSR count). The smallest absolute Gasteiger partial charge is 0.410 e. The monoisotopic (exact) mass is 321 g/mol. The maximum Gasteiger partial charge on any atom is 0.410 e. The average molecular weight is 321 g/mol. The topological polar surface area (TPSA) is 68.0 Å². The first-order valence-corrected chi connectivity index (χ1v) is 7.91. The molecule has 6 heteroatoms. The van der Waals surface area contributed by atoms with Gasteiger partial charge in [0, 0.05) is 31.5 Å². The van der Waals surface area contributed by atoms with Crippen LogP contribution in [-0.4, -0.2) is 49.9 Å². The van der Waals surface area contributed by atoms with Crippen LogP contribution in [0.5, 0.6) is 0 Å². The lowest BCUT2D eigenvalue weighted by Crippen LogP contribution is -2.38. The highest BCUT2D eigenvalue weighted by Gasteiger charge is 2.22. The summed E-state index contributed by atoms with van der Waals surface area (Å²) in [6.07, 6.45) is -0.340. The summed E-state index contributed by atoms with van der Waals surface area (Å²) in [4.78, 5) is 16.0. The highest BCUT2D eigenvalue weighted by molar-refractivity contribution is 5.69. The van der Waals surface area contributed by atoms with E-state index in [9.17, 15) is 4.79 Å². The van der Waals surface area contributed by atoms with Crippen molar-refractivity contribution < 1.29 is 14.3 Å². The predicted octanol–water partition coefficient (Wildman–Crippen LogP) is 2.47. The molecule has 1 fully saturated rings. The first kappa shape index (κ1) is 17.4. The Balaban J connectivity index is 2.14. The molecule has 0 atom stereocenters. The lowest BCUT2D eigenvalue weighted by atomic mass is 10.1. The van der Waals surface area contributed by atoms with Crippen LogP contribution < -0.4 is 10.6 Å². The van der Waals surface area contributed by atoms with E-state index in [1.165, 1.54) is 0 Å². The molecule has 0 bridgehead atoms. The lowest BCUT2D eigenvalue weighted by molar-refractivity contribution is 0.0285. The largest absolute Gasteiger partial charge is 0.444 e. The van der Waals surface area contributed by atoms with Crippen molar-refractivity contribution in [3.05, 3.63) is 23.8 Å². The molecule has 1 aliphatic heterocycles. The van der Waals surface area contributed by atoms with E-state index in [2.05, 4.69) is 4.90 Å². The van der Waals surface area contributed by atoms with E-state index in [1.54, 1.807) is 11.9 Å². The number of nitrogen functional groups attached to an aromatic ring is 1. The van der Waals surface area contributed by atoms with Crippen LogP contribution in [0.15, 0.2) is 18.2 Å². The number of amides is 1.